The van der Waals surface area contributed by atoms with E-state index in [9.17, 15) is 14.9 Å². The monoisotopic (exact) mass is 333 g/mol. The molecule has 124 valence electrons. The quantitative estimate of drug-likeness (QED) is 0.298. The maximum Gasteiger partial charge on any atom is 0.276 e. The van der Waals surface area contributed by atoms with Gasteiger partial charge in [-0.3, -0.25) is 14.9 Å². The lowest BCUT2D eigenvalue weighted by atomic mass is 10.1. The van der Waals surface area contributed by atoms with E-state index in [-0.39, 0.29) is 11.5 Å². The number of allylic oxidation sites excluding steroid dienone is 1. The van der Waals surface area contributed by atoms with Gasteiger partial charge in [0.25, 0.3) is 5.69 Å². The number of hydrogen-bond acceptors (Lipinski definition) is 4. The van der Waals surface area contributed by atoms with Gasteiger partial charge in [-0.15, -0.1) is 0 Å². The largest absolute Gasteiger partial charge is 0.333 e. The van der Waals surface area contributed by atoms with Crippen LogP contribution in [0.3, 0.4) is 0 Å². The van der Waals surface area contributed by atoms with Gasteiger partial charge in [0.2, 0.25) is 0 Å². The Morgan fingerprint density at radius 3 is 2.60 bits per heavy atom. The van der Waals surface area contributed by atoms with Crippen molar-refractivity contribution in [1.29, 1.82) is 0 Å². The fraction of sp³-hybridized carbons (Fsp3) is 0.0526. The molecular weight excluding hydrogens is 318 g/mol. The maximum absolute atomic E-state index is 12.3. The standard InChI is InChI=1S/C19H15N3O3/c23-19(10-9-16-3-1-2-4-18(16)22(24)25)17-7-5-15(6-8-17)13-21-12-11-20-14-21/h1-12,14H,13H2/b10-9+. The molecule has 0 fully saturated rings. The summed E-state index contributed by atoms with van der Waals surface area (Å²) in [6.07, 6.45) is 8.14. The van der Waals surface area contributed by atoms with E-state index in [1.165, 1.54) is 18.2 Å². The van der Waals surface area contributed by atoms with Crippen molar-refractivity contribution in [3.63, 3.8) is 0 Å². The van der Waals surface area contributed by atoms with Crippen molar-refractivity contribution in [2.75, 3.05) is 0 Å². The number of hydrogen-bond donors (Lipinski definition) is 0. The van der Waals surface area contributed by atoms with Gasteiger partial charge in [0.15, 0.2) is 5.78 Å². The number of ketones is 1. The van der Waals surface area contributed by atoms with Gasteiger partial charge in [-0.05, 0) is 23.8 Å². The van der Waals surface area contributed by atoms with Crippen LogP contribution in [0.1, 0.15) is 21.5 Å². The molecule has 0 radical (unpaired) electrons. The van der Waals surface area contributed by atoms with Gasteiger partial charge in [-0.25, -0.2) is 4.98 Å². The Kier molecular flexibility index (Phi) is 4.80. The van der Waals surface area contributed by atoms with Crippen molar-refractivity contribution in [2.45, 2.75) is 6.54 Å². The lowest BCUT2D eigenvalue weighted by Crippen LogP contribution is -1.99. The zero-order valence-corrected chi connectivity index (χ0v) is 13.3. The number of carbonyl (C=O) groups is 1. The van der Waals surface area contributed by atoms with Crippen LogP contribution in [-0.2, 0) is 6.54 Å². The average Bonchev–Trinajstić information content (AvgIpc) is 3.13. The smallest absolute Gasteiger partial charge is 0.276 e. The summed E-state index contributed by atoms with van der Waals surface area (Å²) in [5.74, 6) is -0.202. The zero-order valence-electron chi connectivity index (χ0n) is 13.3. The molecule has 0 aliphatic rings. The van der Waals surface area contributed by atoms with Crippen LogP contribution in [0.2, 0.25) is 0 Å². The summed E-state index contributed by atoms with van der Waals surface area (Å²) < 4.78 is 1.94. The van der Waals surface area contributed by atoms with Crippen LogP contribution in [0.15, 0.2) is 73.3 Å². The van der Waals surface area contributed by atoms with Crippen LogP contribution in [-0.4, -0.2) is 20.3 Å². The molecule has 0 unspecified atom stereocenters. The molecule has 25 heavy (non-hydrogen) atoms. The minimum atomic E-state index is -0.463. The minimum absolute atomic E-state index is 0.0257. The molecule has 0 N–H and O–H groups in total. The number of imidazole rings is 1. The Balaban J connectivity index is 1.72. The van der Waals surface area contributed by atoms with Crippen molar-refractivity contribution in [3.05, 3.63) is 100 Å². The molecule has 0 saturated carbocycles. The van der Waals surface area contributed by atoms with Gasteiger partial charge in [-0.2, -0.15) is 0 Å². The van der Waals surface area contributed by atoms with Crippen molar-refractivity contribution in [3.8, 4) is 0 Å². The number of carbonyl (C=O) groups excluding carboxylic acids is 1. The van der Waals surface area contributed by atoms with Crippen LogP contribution in [0.4, 0.5) is 5.69 Å². The average molecular weight is 333 g/mol. The number of benzene rings is 2. The normalized spacial score (nSPS) is 10.9. The molecule has 0 aliphatic heterocycles. The molecule has 0 saturated heterocycles. The van der Waals surface area contributed by atoms with Crippen LogP contribution in [0, 0.1) is 10.1 Å². The topological polar surface area (TPSA) is 78.0 Å². The van der Waals surface area contributed by atoms with Crippen LogP contribution in [0.5, 0.6) is 0 Å². The lowest BCUT2D eigenvalue weighted by Gasteiger charge is -2.03. The van der Waals surface area contributed by atoms with E-state index >= 15 is 0 Å². The summed E-state index contributed by atoms with van der Waals surface area (Å²) >= 11 is 0. The number of nitrogens with zero attached hydrogens (tertiary/aromatic N) is 3. The van der Waals surface area contributed by atoms with Gasteiger partial charge < -0.3 is 4.57 Å². The Bertz CT molecular complexity index is 913. The second-order valence-corrected chi connectivity index (χ2v) is 5.45. The molecule has 0 bridgehead atoms. The van der Waals surface area contributed by atoms with Crippen molar-refractivity contribution >= 4 is 17.5 Å². The van der Waals surface area contributed by atoms with Crippen LogP contribution >= 0.6 is 0 Å². The molecule has 6 nitrogen and oxygen atoms in total. The summed E-state index contributed by atoms with van der Waals surface area (Å²) in [5.41, 5.74) is 1.96. The van der Waals surface area contributed by atoms with Crippen molar-refractivity contribution < 1.29 is 9.72 Å². The van der Waals surface area contributed by atoms with E-state index in [1.54, 1.807) is 42.9 Å². The van der Waals surface area contributed by atoms with E-state index in [0.717, 1.165) is 5.56 Å². The Morgan fingerprint density at radius 2 is 1.92 bits per heavy atom. The van der Waals surface area contributed by atoms with Gasteiger partial charge in [0.05, 0.1) is 16.8 Å². The zero-order chi connectivity index (χ0) is 17.6. The first-order valence-corrected chi connectivity index (χ1v) is 7.64. The first kappa shape index (κ1) is 16.3. The maximum atomic E-state index is 12.3. The highest BCUT2D eigenvalue weighted by atomic mass is 16.6. The Hall–Kier alpha value is -3.54. The number of nitro groups is 1. The van der Waals surface area contributed by atoms with E-state index < -0.39 is 4.92 Å². The fourth-order valence-corrected chi connectivity index (χ4v) is 2.42. The highest BCUT2D eigenvalue weighted by molar-refractivity contribution is 6.07. The van der Waals surface area contributed by atoms with E-state index in [1.807, 2.05) is 22.9 Å². The molecule has 1 aromatic heterocycles. The predicted molar refractivity (Wildman–Crippen MR) is 94.2 cm³/mol. The van der Waals surface area contributed by atoms with Crippen molar-refractivity contribution in [2.24, 2.45) is 0 Å². The number of aromatic nitrogens is 2. The SMILES string of the molecule is O=C(/C=C/c1ccccc1[N+](=O)[O-])c1ccc(Cn2ccnc2)cc1. The second-order valence-electron chi connectivity index (χ2n) is 5.45. The molecule has 6 heteroatoms. The third-order valence-corrected chi connectivity index (χ3v) is 3.71. The molecule has 0 atom stereocenters. The number of nitro benzene ring substituents is 1. The first-order chi connectivity index (χ1) is 12.1. The Labute approximate surface area is 144 Å². The Morgan fingerprint density at radius 1 is 1.16 bits per heavy atom. The van der Waals surface area contributed by atoms with Gasteiger partial charge in [-0.1, -0.05) is 36.4 Å². The summed E-state index contributed by atoms with van der Waals surface area (Å²) in [6, 6.07) is 13.6. The van der Waals surface area contributed by atoms with E-state index in [2.05, 4.69) is 4.98 Å². The lowest BCUT2D eigenvalue weighted by molar-refractivity contribution is -0.385. The summed E-state index contributed by atoms with van der Waals surface area (Å²) in [4.78, 5) is 26.8. The first-order valence-electron chi connectivity index (χ1n) is 7.64. The minimum Gasteiger partial charge on any atom is -0.333 e. The third-order valence-electron chi connectivity index (χ3n) is 3.71. The molecule has 1 heterocycles. The second kappa shape index (κ2) is 7.35. The summed E-state index contributed by atoms with van der Waals surface area (Å²) in [5, 5.41) is 11.0. The third kappa shape index (κ3) is 4.06. The highest BCUT2D eigenvalue weighted by Crippen LogP contribution is 2.19. The number of rotatable bonds is 6. The van der Waals surface area contributed by atoms with E-state index in [4.69, 9.17) is 0 Å². The van der Waals surface area contributed by atoms with Gasteiger partial charge >= 0.3 is 0 Å². The molecule has 0 spiro atoms. The van der Waals surface area contributed by atoms with Gasteiger partial charge in [0.1, 0.15) is 0 Å². The molecule has 0 amide bonds. The summed E-state index contributed by atoms with van der Waals surface area (Å²) in [7, 11) is 0. The van der Waals surface area contributed by atoms with Crippen LogP contribution in [0.25, 0.3) is 6.08 Å². The molecular formula is C19H15N3O3. The van der Waals surface area contributed by atoms with Crippen molar-refractivity contribution in [1.82, 2.24) is 9.55 Å². The fourth-order valence-electron chi connectivity index (χ4n) is 2.42. The highest BCUT2D eigenvalue weighted by Gasteiger charge is 2.10. The number of para-hydroxylation sites is 1. The molecule has 0 aliphatic carbocycles. The van der Waals surface area contributed by atoms with E-state index in [0.29, 0.717) is 17.7 Å². The molecule has 3 rings (SSSR count). The molecule has 3 aromatic rings. The summed E-state index contributed by atoms with van der Waals surface area (Å²) in [6.45, 7) is 0.681. The van der Waals surface area contributed by atoms with Gasteiger partial charge in [0, 0.05) is 30.6 Å². The predicted octanol–water partition coefficient (Wildman–Crippen LogP) is 3.74. The molecule has 2 aromatic carbocycles. The van der Waals surface area contributed by atoms with Crippen LogP contribution < -0.4 is 0 Å².